The number of methoxy groups -OCH3 is 1. The molecule has 0 amide bonds. The highest BCUT2D eigenvalue weighted by atomic mass is 16.5. The molecule has 0 aromatic heterocycles. The van der Waals surface area contributed by atoms with Crippen LogP contribution in [0.15, 0.2) is 24.3 Å². The summed E-state index contributed by atoms with van der Waals surface area (Å²) in [7, 11) is 1.65. The van der Waals surface area contributed by atoms with Crippen molar-refractivity contribution in [3.8, 4) is 5.75 Å². The van der Waals surface area contributed by atoms with Gasteiger partial charge in [-0.3, -0.25) is 4.79 Å². The predicted octanol–water partition coefficient (Wildman–Crippen LogP) is 3.07. The van der Waals surface area contributed by atoms with Crippen LogP contribution in [0.25, 0.3) is 0 Å². The number of carbonyl (C=O) groups excluding carboxylic acids is 1. The molecular weight excluding hydrogens is 228 g/mol. The van der Waals surface area contributed by atoms with Gasteiger partial charge in [0.1, 0.15) is 5.75 Å². The number of ether oxygens (including phenoxy) is 2. The third-order valence-electron chi connectivity index (χ3n) is 3.03. The van der Waals surface area contributed by atoms with Gasteiger partial charge in [0.2, 0.25) is 0 Å². The standard InChI is InChI=1S/C15H22O3/c1-5-18-15(16)13(11(2)3)10-12-8-6-7-9-14(12)17-4/h6-9,11,13H,5,10H2,1-4H3. The Labute approximate surface area is 109 Å². The predicted molar refractivity (Wildman–Crippen MR) is 71.7 cm³/mol. The minimum Gasteiger partial charge on any atom is -0.496 e. The molecule has 0 aliphatic rings. The second-order valence-electron chi connectivity index (χ2n) is 4.62. The van der Waals surface area contributed by atoms with Crippen molar-refractivity contribution in [3.05, 3.63) is 29.8 Å². The quantitative estimate of drug-likeness (QED) is 0.728. The fourth-order valence-corrected chi connectivity index (χ4v) is 1.95. The van der Waals surface area contributed by atoms with Crippen LogP contribution in [0.4, 0.5) is 0 Å². The lowest BCUT2D eigenvalue weighted by atomic mass is 9.89. The maximum Gasteiger partial charge on any atom is 0.309 e. The van der Waals surface area contributed by atoms with Crippen molar-refractivity contribution in [2.45, 2.75) is 27.2 Å². The van der Waals surface area contributed by atoms with Crippen LogP contribution in [0.5, 0.6) is 5.75 Å². The Bertz CT molecular complexity index is 385. The molecule has 0 aliphatic heterocycles. The van der Waals surface area contributed by atoms with E-state index in [0.29, 0.717) is 13.0 Å². The fourth-order valence-electron chi connectivity index (χ4n) is 1.95. The second-order valence-corrected chi connectivity index (χ2v) is 4.62. The smallest absolute Gasteiger partial charge is 0.309 e. The first-order valence-electron chi connectivity index (χ1n) is 6.38. The summed E-state index contributed by atoms with van der Waals surface area (Å²) in [5, 5.41) is 0. The summed E-state index contributed by atoms with van der Waals surface area (Å²) in [6.07, 6.45) is 0.653. The molecule has 18 heavy (non-hydrogen) atoms. The van der Waals surface area contributed by atoms with Gasteiger partial charge in [-0.15, -0.1) is 0 Å². The lowest BCUT2D eigenvalue weighted by Gasteiger charge is -2.20. The van der Waals surface area contributed by atoms with E-state index in [1.54, 1.807) is 7.11 Å². The molecule has 1 atom stereocenters. The summed E-state index contributed by atoms with van der Waals surface area (Å²) < 4.78 is 10.4. The molecule has 1 aromatic carbocycles. The van der Waals surface area contributed by atoms with Gasteiger partial charge in [-0.2, -0.15) is 0 Å². The van der Waals surface area contributed by atoms with E-state index >= 15 is 0 Å². The second kappa shape index (κ2) is 7.04. The Kier molecular flexibility index (Phi) is 5.69. The number of rotatable bonds is 6. The molecule has 0 N–H and O–H groups in total. The highest BCUT2D eigenvalue weighted by Crippen LogP contribution is 2.25. The van der Waals surface area contributed by atoms with Crippen molar-refractivity contribution in [2.75, 3.05) is 13.7 Å². The number of para-hydroxylation sites is 1. The monoisotopic (exact) mass is 250 g/mol. The van der Waals surface area contributed by atoms with E-state index in [4.69, 9.17) is 9.47 Å². The Morgan fingerprint density at radius 3 is 2.50 bits per heavy atom. The third-order valence-corrected chi connectivity index (χ3v) is 3.03. The first-order chi connectivity index (χ1) is 8.60. The van der Waals surface area contributed by atoms with Crippen molar-refractivity contribution in [1.29, 1.82) is 0 Å². The van der Waals surface area contributed by atoms with Gasteiger partial charge in [0.05, 0.1) is 19.6 Å². The molecule has 3 heteroatoms. The fraction of sp³-hybridized carbons (Fsp3) is 0.533. The van der Waals surface area contributed by atoms with E-state index in [9.17, 15) is 4.79 Å². The molecule has 0 heterocycles. The molecular formula is C15H22O3. The Hall–Kier alpha value is -1.51. The van der Waals surface area contributed by atoms with Gasteiger partial charge in [0.15, 0.2) is 0 Å². The Balaban J connectivity index is 2.86. The maximum atomic E-state index is 11.9. The summed E-state index contributed by atoms with van der Waals surface area (Å²) >= 11 is 0. The number of hydrogen-bond acceptors (Lipinski definition) is 3. The molecule has 0 aliphatic carbocycles. The summed E-state index contributed by atoms with van der Waals surface area (Å²) in [6, 6.07) is 7.79. The molecule has 1 aromatic rings. The SMILES string of the molecule is CCOC(=O)C(Cc1ccccc1OC)C(C)C. The largest absolute Gasteiger partial charge is 0.496 e. The minimum absolute atomic E-state index is 0.124. The Morgan fingerprint density at radius 2 is 1.94 bits per heavy atom. The van der Waals surface area contributed by atoms with Gasteiger partial charge in [-0.1, -0.05) is 32.0 Å². The average Bonchev–Trinajstić information content (AvgIpc) is 2.36. The molecule has 0 radical (unpaired) electrons. The molecule has 3 nitrogen and oxygen atoms in total. The summed E-state index contributed by atoms with van der Waals surface area (Å²) in [4.78, 5) is 11.9. The summed E-state index contributed by atoms with van der Waals surface area (Å²) in [5.41, 5.74) is 1.05. The van der Waals surface area contributed by atoms with E-state index in [0.717, 1.165) is 11.3 Å². The summed E-state index contributed by atoms with van der Waals surface area (Å²) in [5.74, 6) is 0.820. The maximum absolute atomic E-state index is 11.9. The molecule has 0 saturated carbocycles. The molecule has 100 valence electrons. The van der Waals surface area contributed by atoms with Gasteiger partial charge < -0.3 is 9.47 Å². The van der Waals surface area contributed by atoms with Crippen LogP contribution in [0.2, 0.25) is 0 Å². The average molecular weight is 250 g/mol. The van der Waals surface area contributed by atoms with E-state index in [2.05, 4.69) is 0 Å². The van der Waals surface area contributed by atoms with Crippen LogP contribution < -0.4 is 4.74 Å². The minimum atomic E-state index is -0.126. The van der Waals surface area contributed by atoms with Crippen molar-refractivity contribution >= 4 is 5.97 Å². The lowest BCUT2D eigenvalue weighted by molar-refractivity contribution is -0.149. The molecule has 0 fully saturated rings. The zero-order valence-electron chi connectivity index (χ0n) is 11.6. The first-order valence-corrected chi connectivity index (χ1v) is 6.38. The highest BCUT2D eigenvalue weighted by molar-refractivity contribution is 5.73. The van der Waals surface area contributed by atoms with Crippen molar-refractivity contribution < 1.29 is 14.3 Å². The molecule has 0 bridgehead atoms. The number of benzene rings is 1. The topological polar surface area (TPSA) is 35.5 Å². The number of esters is 1. The lowest BCUT2D eigenvalue weighted by Crippen LogP contribution is -2.25. The van der Waals surface area contributed by atoms with E-state index in [1.165, 1.54) is 0 Å². The molecule has 0 spiro atoms. The summed E-state index contributed by atoms with van der Waals surface area (Å²) in [6.45, 7) is 6.33. The van der Waals surface area contributed by atoms with Gasteiger partial charge in [0, 0.05) is 0 Å². The van der Waals surface area contributed by atoms with Crippen LogP contribution in [0.3, 0.4) is 0 Å². The van der Waals surface area contributed by atoms with Crippen LogP contribution in [-0.4, -0.2) is 19.7 Å². The highest BCUT2D eigenvalue weighted by Gasteiger charge is 2.24. The van der Waals surface area contributed by atoms with E-state index < -0.39 is 0 Å². The third kappa shape index (κ3) is 3.76. The van der Waals surface area contributed by atoms with Gasteiger partial charge in [-0.25, -0.2) is 0 Å². The van der Waals surface area contributed by atoms with E-state index in [1.807, 2.05) is 45.0 Å². The molecule has 1 unspecified atom stereocenters. The van der Waals surface area contributed by atoms with E-state index in [-0.39, 0.29) is 17.8 Å². The van der Waals surface area contributed by atoms with Crippen molar-refractivity contribution in [2.24, 2.45) is 11.8 Å². The zero-order valence-corrected chi connectivity index (χ0v) is 11.6. The van der Waals surface area contributed by atoms with Crippen LogP contribution in [0, 0.1) is 11.8 Å². The number of carbonyl (C=O) groups is 1. The van der Waals surface area contributed by atoms with Crippen LogP contribution in [0.1, 0.15) is 26.3 Å². The van der Waals surface area contributed by atoms with Gasteiger partial charge in [-0.05, 0) is 30.9 Å². The first kappa shape index (κ1) is 14.6. The molecule has 0 saturated heterocycles. The van der Waals surface area contributed by atoms with Crippen LogP contribution >= 0.6 is 0 Å². The van der Waals surface area contributed by atoms with Crippen molar-refractivity contribution in [1.82, 2.24) is 0 Å². The van der Waals surface area contributed by atoms with Crippen LogP contribution in [-0.2, 0) is 16.0 Å². The molecule has 1 rings (SSSR count). The number of hydrogen-bond donors (Lipinski definition) is 0. The Morgan fingerprint density at radius 1 is 1.28 bits per heavy atom. The zero-order chi connectivity index (χ0) is 13.5. The van der Waals surface area contributed by atoms with Crippen molar-refractivity contribution in [3.63, 3.8) is 0 Å². The van der Waals surface area contributed by atoms with Gasteiger partial charge in [0.25, 0.3) is 0 Å². The normalized spacial score (nSPS) is 12.3. The van der Waals surface area contributed by atoms with Gasteiger partial charge >= 0.3 is 5.97 Å².